The van der Waals surface area contributed by atoms with Gasteiger partial charge < -0.3 is 10.2 Å². The zero-order chi connectivity index (χ0) is 16.8. The Balaban J connectivity index is 1.44. The van der Waals surface area contributed by atoms with Crippen LogP contribution in [0.1, 0.15) is 24.0 Å². The number of hydrogen-bond donors (Lipinski definition) is 1. The van der Waals surface area contributed by atoms with E-state index in [0.717, 1.165) is 30.3 Å². The van der Waals surface area contributed by atoms with Crippen LogP contribution in [0.2, 0.25) is 0 Å². The first-order valence-corrected chi connectivity index (χ1v) is 9.50. The monoisotopic (exact) mass is 341 g/mol. The second-order valence-corrected chi connectivity index (χ2v) is 7.11. The second kappa shape index (κ2) is 8.20. The van der Waals surface area contributed by atoms with Crippen molar-refractivity contribution in [2.75, 3.05) is 29.1 Å². The number of nitrogens with one attached hydrogen (secondary N) is 1. The highest BCUT2D eigenvalue weighted by atomic mass is 32.2. The number of aryl methyl sites for hydroxylation is 1. The molecule has 5 heteroatoms. The summed E-state index contributed by atoms with van der Waals surface area (Å²) < 4.78 is 0. The summed E-state index contributed by atoms with van der Waals surface area (Å²) in [6.07, 6.45) is 4.22. The van der Waals surface area contributed by atoms with Crippen LogP contribution >= 0.6 is 11.8 Å². The summed E-state index contributed by atoms with van der Waals surface area (Å²) in [6.45, 7) is 4.24. The molecule has 4 nitrogen and oxygen atoms in total. The molecule has 24 heavy (non-hydrogen) atoms. The molecule has 1 saturated heterocycles. The molecule has 1 aromatic heterocycles. The number of carbonyl (C=O) groups is 1. The summed E-state index contributed by atoms with van der Waals surface area (Å²) in [7, 11) is 0. The molecule has 0 atom stereocenters. The fourth-order valence-corrected chi connectivity index (χ4v) is 3.63. The highest BCUT2D eigenvalue weighted by molar-refractivity contribution is 7.99. The summed E-state index contributed by atoms with van der Waals surface area (Å²) in [5, 5.41) is 2.92. The van der Waals surface area contributed by atoms with Gasteiger partial charge in [-0.3, -0.25) is 4.79 Å². The molecule has 1 fully saturated rings. The van der Waals surface area contributed by atoms with Crippen molar-refractivity contribution in [3.8, 4) is 0 Å². The van der Waals surface area contributed by atoms with E-state index < -0.39 is 0 Å². The third kappa shape index (κ3) is 4.74. The Morgan fingerprint density at radius 2 is 2.08 bits per heavy atom. The minimum Gasteiger partial charge on any atom is -0.357 e. The van der Waals surface area contributed by atoms with Gasteiger partial charge in [0.1, 0.15) is 5.82 Å². The summed E-state index contributed by atoms with van der Waals surface area (Å²) >= 11 is 1.63. The van der Waals surface area contributed by atoms with Crippen LogP contribution in [0.25, 0.3) is 0 Å². The fraction of sp³-hybridized carbons (Fsp3) is 0.368. The Kier molecular flexibility index (Phi) is 5.75. The molecule has 0 radical (unpaired) electrons. The maximum Gasteiger partial charge on any atom is 0.234 e. The normalized spacial score (nSPS) is 14.0. The summed E-state index contributed by atoms with van der Waals surface area (Å²) in [5.41, 5.74) is 3.27. The SMILES string of the molecule is Cc1cccc(CSCC(=O)Nc2ccc(N3CCCC3)nc2)c1. The molecule has 1 aromatic carbocycles. The number of hydrogen-bond acceptors (Lipinski definition) is 4. The maximum atomic E-state index is 12.0. The number of benzene rings is 1. The Labute approximate surface area is 147 Å². The number of nitrogens with zero attached hydrogens (tertiary/aromatic N) is 2. The quantitative estimate of drug-likeness (QED) is 0.866. The number of carbonyl (C=O) groups excluding carboxylic acids is 1. The molecular weight excluding hydrogens is 318 g/mol. The lowest BCUT2D eigenvalue weighted by atomic mass is 10.2. The van der Waals surface area contributed by atoms with Gasteiger partial charge in [0.2, 0.25) is 5.91 Å². The molecule has 1 aliphatic heterocycles. The highest BCUT2D eigenvalue weighted by Gasteiger charge is 2.13. The van der Waals surface area contributed by atoms with Gasteiger partial charge in [-0.2, -0.15) is 0 Å². The topological polar surface area (TPSA) is 45.2 Å². The minimum atomic E-state index is 0.0170. The minimum absolute atomic E-state index is 0.0170. The van der Waals surface area contributed by atoms with E-state index >= 15 is 0 Å². The van der Waals surface area contributed by atoms with Crippen LogP contribution in [0, 0.1) is 6.92 Å². The Bertz CT molecular complexity index is 681. The third-order valence-electron chi connectivity index (χ3n) is 4.05. The van der Waals surface area contributed by atoms with Gasteiger partial charge in [-0.25, -0.2) is 4.98 Å². The van der Waals surface area contributed by atoms with E-state index in [-0.39, 0.29) is 5.91 Å². The van der Waals surface area contributed by atoms with Crippen molar-refractivity contribution in [1.82, 2.24) is 4.98 Å². The zero-order valence-corrected chi connectivity index (χ0v) is 14.8. The van der Waals surface area contributed by atoms with E-state index in [2.05, 4.69) is 46.4 Å². The standard InChI is InChI=1S/C19H23N3OS/c1-15-5-4-6-16(11-15)13-24-14-19(23)21-17-7-8-18(20-12-17)22-9-2-3-10-22/h4-8,11-12H,2-3,9-10,13-14H2,1H3,(H,21,23). The lowest BCUT2D eigenvalue weighted by Gasteiger charge is -2.16. The fourth-order valence-electron chi connectivity index (χ4n) is 2.85. The first-order chi connectivity index (χ1) is 11.7. The molecule has 0 saturated carbocycles. The first-order valence-electron chi connectivity index (χ1n) is 8.35. The average Bonchev–Trinajstić information content (AvgIpc) is 3.10. The molecule has 0 aliphatic carbocycles. The van der Waals surface area contributed by atoms with Gasteiger partial charge in [0.25, 0.3) is 0 Å². The van der Waals surface area contributed by atoms with Gasteiger partial charge >= 0.3 is 0 Å². The molecule has 3 rings (SSSR count). The molecule has 2 aromatic rings. The molecule has 0 unspecified atom stereocenters. The molecule has 2 heterocycles. The van der Waals surface area contributed by atoms with Crippen LogP contribution in [0.4, 0.5) is 11.5 Å². The average molecular weight is 341 g/mol. The van der Waals surface area contributed by atoms with E-state index in [1.807, 2.05) is 12.1 Å². The first kappa shape index (κ1) is 16.8. The van der Waals surface area contributed by atoms with Crippen LogP contribution < -0.4 is 10.2 Å². The molecule has 1 N–H and O–H groups in total. The van der Waals surface area contributed by atoms with Crippen LogP contribution in [0.3, 0.4) is 0 Å². The van der Waals surface area contributed by atoms with Crippen LogP contribution in [0.15, 0.2) is 42.6 Å². The van der Waals surface area contributed by atoms with E-state index in [1.54, 1.807) is 18.0 Å². The van der Waals surface area contributed by atoms with Crippen molar-refractivity contribution in [2.45, 2.75) is 25.5 Å². The van der Waals surface area contributed by atoms with Crippen molar-refractivity contribution in [1.29, 1.82) is 0 Å². The van der Waals surface area contributed by atoms with Gasteiger partial charge in [0.05, 0.1) is 17.6 Å². The number of amides is 1. The van der Waals surface area contributed by atoms with Gasteiger partial charge in [-0.05, 0) is 37.5 Å². The lowest BCUT2D eigenvalue weighted by molar-refractivity contribution is -0.113. The van der Waals surface area contributed by atoms with E-state index in [4.69, 9.17) is 0 Å². The smallest absolute Gasteiger partial charge is 0.234 e. The number of aromatic nitrogens is 1. The van der Waals surface area contributed by atoms with Gasteiger partial charge in [0.15, 0.2) is 0 Å². The van der Waals surface area contributed by atoms with Crippen molar-refractivity contribution >= 4 is 29.2 Å². The summed E-state index contributed by atoms with van der Waals surface area (Å²) in [5.74, 6) is 2.31. The van der Waals surface area contributed by atoms with Crippen molar-refractivity contribution < 1.29 is 4.79 Å². The molecule has 0 bridgehead atoms. The zero-order valence-electron chi connectivity index (χ0n) is 14.0. The molecule has 1 aliphatic rings. The predicted octanol–water partition coefficient (Wildman–Crippen LogP) is 3.86. The summed E-state index contributed by atoms with van der Waals surface area (Å²) in [4.78, 5) is 18.8. The van der Waals surface area contributed by atoms with Gasteiger partial charge in [-0.1, -0.05) is 29.8 Å². The number of thioether (sulfide) groups is 1. The van der Waals surface area contributed by atoms with Crippen LogP contribution in [-0.4, -0.2) is 29.7 Å². The molecular formula is C19H23N3OS. The maximum absolute atomic E-state index is 12.0. The summed E-state index contributed by atoms with van der Waals surface area (Å²) in [6, 6.07) is 12.3. The van der Waals surface area contributed by atoms with Crippen molar-refractivity contribution in [3.63, 3.8) is 0 Å². The Morgan fingerprint density at radius 3 is 2.79 bits per heavy atom. The molecule has 126 valence electrons. The number of anilines is 2. The number of pyridine rings is 1. The van der Waals surface area contributed by atoms with Gasteiger partial charge in [-0.15, -0.1) is 11.8 Å². The third-order valence-corrected chi connectivity index (χ3v) is 5.05. The largest absolute Gasteiger partial charge is 0.357 e. The van der Waals surface area contributed by atoms with E-state index in [9.17, 15) is 4.79 Å². The highest BCUT2D eigenvalue weighted by Crippen LogP contribution is 2.19. The molecule has 0 spiro atoms. The van der Waals surface area contributed by atoms with Crippen LogP contribution in [-0.2, 0) is 10.5 Å². The lowest BCUT2D eigenvalue weighted by Crippen LogP contribution is -2.19. The van der Waals surface area contributed by atoms with Gasteiger partial charge in [0, 0.05) is 18.8 Å². The Morgan fingerprint density at radius 1 is 1.25 bits per heavy atom. The number of rotatable bonds is 6. The predicted molar refractivity (Wildman–Crippen MR) is 102 cm³/mol. The van der Waals surface area contributed by atoms with Crippen LogP contribution in [0.5, 0.6) is 0 Å². The van der Waals surface area contributed by atoms with E-state index in [0.29, 0.717) is 5.75 Å². The van der Waals surface area contributed by atoms with E-state index in [1.165, 1.54) is 24.0 Å². The van der Waals surface area contributed by atoms with Crippen molar-refractivity contribution in [3.05, 3.63) is 53.7 Å². The molecule has 1 amide bonds. The Hall–Kier alpha value is -2.01. The van der Waals surface area contributed by atoms with Crippen molar-refractivity contribution in [2.24, 2.45) is 0 Å². The second-order valence-electron chi connectivity index (χ2n) is 6.13.